The number of amides is 2. The molecule has 2 heterocycles. The van der Waals surface area contributed by atoms with E-state index in [0.717, 1.165) is 39.0 Å². The van der Waals surface area contributed by atoms with Crippen LogP contribution >= 0.6 is 0 Å². The molecule has 2 aliphatic heterocycles. The summed E-state index contributed by atoms with van der Waals surface area (Å²) < 4.78 is 0. The van der Waals surface area contributed by atoms with E-state index in [1.165, 1.54) is 12.8 Å². The fourth-order valence-electron chi connectivity index (χ4n) is 2.55. The number of carbonyl (C=O) groups excluding carboxylic acids is 1. The number of nitrogens with zero attached hydrogens (tertiary/aromatic N) is 2. The number of rotatable bonds is 1. The van der Waals surface area contributed by atoms with Gasteiger partial charge < -0.3 is 15.1 Å². The normalized spacial score (nSPS) is 24.9. The standard InChI is InChI=1S/C12H23N3O/c1-12(13-2)5-9-15(10-6-12)11(16)14-7-3-4-8-14/h13H,3-10H2,1-2H3. The lowest BCUT2D eigenvalue weighted by Crippen LogP contribution is -2.53. The second kappa shape index (κ2) is 4.62. The van der Waals surface area contributed by atoms with Gasteiger partial charge in [0.25, 0.3) is 0 Å². The third-order valence-electron chi connectivity index (χ3n) is 4.12. The lowest BCUT2D eigenvalue weighted by atomic mass is 9.90. The Morgan fingerprint density at radius 3 is 2.06 bits per heavy atom. The van der Waals surface area contributed by atoms with Crippen LogP contribution in [0.25, 0.3) is 0 Å². The van der Waals surface area contributed by atoms with Crippen LogP contribution in [0.4, 0.5) is 4.79 Å². The molecule has 2 fully saturated rings. The summed E-state index contributed by atoms with van der Waals surface area (Å²) in [5, 5.41) is 3.36. The molecule has 0 aromatic rings. The van der Waals surface area contributed by atoms with Gasteiger partial charge in [-0.25, -0.2) is 4.79 Å². The van der Waals surface area contributed by atoms with Crippen LogP contribution in [-0.2, 0) is 0 Å². The van der Waals surface area contributed by atoms with Gasteiger partial charge in [-0.3, -0.25) is 0 Å². The van der Waals surface area contributed by atoms with Crippen molar-refractivity contribution in [2.45, 2.75) is 38.1 Å². The van der Waals surface area contributed by atoms with Crippen molar-refractivity contribution in [3.63, 3.8) is 0 Å². The Morgan fingerprint density at radius 2 is 1.56 bits per heavy atom. The van der Waals surface area contributed by atoms with E-state index >= 15 is 0 Å². The number of carbonyl (C=O) groups is 1. The summed E-state index contributed by atoms with van der Waals surface area (Å²) in [6, 6.07) is 0.260. The van der Waals surface area contributed by atoms with Crippen molar-refractivity contribution in [3.8, 4) is 0 Å². The first-order valence-electron chi connectivity index (χ1n) is 6.37. The van der Waals surface area contributed by atoms with Crippen molar-refractivity contribution in [1.82, 2.24) is 15.1 Å². The fourth-order valence-corrected chi connectivity index (χ4v) is 2.55. The second-order valence-electron chi connectivity index (χ2n) is 5.27. The van der Waals surface area contributed by atoms with Crippen molar-refractivity contribution in [2.24, 2.45) is 0 Å². The van der Waals surface area contributed by atoms with Gasteiger partial charge in [-0.15, -0.1) is 0 Å². The molecule has 0 spiro atoms. The highest BCUT2D eigenvalue weighted by molar-refractivity contribution is 5.74. The molecule has 0 bridgehead atoms. The van der Waals surface area contributed by atoms with Gasteiger partial charge in [-0.1, -0.05) is 0 Å². The third kappa shape index (κ3) is 2.32. The van der Waals surface area contributed by atoms with Crippen molar-refractivity contribution < 1.29 is 4.79 Å². The van der Waals surface area contributed by atoms with Gasteiger partial charge in [-0.2, -0.15) is 0 Å². The Morgan fingerprint density at radius 1 is 1.06 bits per heavy atom. The zero-order valence-corrected chi connectivity index (χ0v) is 10.5. The summed E-state index contributed by atoms with van der Waals surface area (Å²) in [4.78, 5) is 16.2. The largest absolute Gasteiger partial charge is 0.325 e. The van der Waals surface area contributed by atoms with E-state index in [-0.39, 0.29) is 11.6 Å². The molecule has 0 unspecified atom stereocenters. The van der Waals surface area contributed by atoms with Crippen LogP contribution in [0, 0.1) is 0 Å². The Bertz CT molecular complexity index is 253. The van der Waals surface area contributed by atoms with Crippen LogP contribution in [0.1, 0.15) is 32.6 Å². The fraction of sp³-hybridized carbons (Fsp3) is 0.917. The summed E-state index contributed by atoms with van der Waals surface area (Å²) in [7, 11) is 2.01. The van der Waals surface area contributed by atoms with E-state index in [9.17, 15) is 4.79 Å². The number of urea groups is 1. The average molecular weight is 225 g/mol. The van der Waals surface area contributed by atoms with Crippen LogP contribution in [0.15, 0.2) is 0 Å². The predicted molar refractivity (Wildman–Crippen MR) is 64.5 cm³/mol. The number of likely N-dealkylation sites (tertiary alicyclic amines) is 2. The Labute approximate surface area is 98.0 Å². The second-order valence-corrected chi connectivity index (χ2v) is 5.27. The number of piperidine rings is 1. The van der Waals surface area contributed by atoms with E-state index < -0.39 is 0 Å². The summed E-state index contributed by atoms with van der Waals surface area (Å²) >= 11 is 0. The zero-order valence-electron chi connectivity index (χ0n) is 10.5. The van der Waals surface area contributed by atoms with Gasteiger partial charge in [-0.05, 0) is 39.7 Å². The topological polar surface area (TPSA) is 35.6 Å². The van der Waals surface area contributed by atoms with Gasteiger partial charge in [0.15, 0.2) is 0 Å². The third-order valence-corrected chi connectivity index (χ3v) is 4.12. The van der Waals surface area contributed by atoms with Gasteiger partial charge in [0.1, 0.15) is 0 Å². The molecule has 92 valence electrons. The maximum Gasteiger partial charge on any atom is 0.319 e. The molecular weight excluding hydrogens is 202 g/mol. The monoisotopic (exact) mass is 225 g/mol. The van der Waals surface area contributed by atoms with Gasteiger partial charge in [0.2, 0.25) is 0 Å². The highest BCUT2D eigenvalue weighted by atomic mass is 16.2. The Hall–Kier alpha value is -0.770. The molecule has 0 aromatic heterocycles. The highest BCUT2D eigenvalue weighted by Crippen LogP contribution is 2.22. The summed E-state index contributed by atoms with van der Waals surface area (Å²) in [6.45, 7) is 5.95. The molecule has 0 aromatic carbocycles. The van der Waals surface area contributed by atoms with Gasteiger partial charge in [0.05, 0.1) is 0 Å². The molecule has 0 radical (unpaired) electrons. The van der Waals surface area contributed by atoms with Gasteiger partial charge in [0, 0.05) is 31.7 Å². The highest BCUT2D eigenvalue weighted by Gasteiger charge is 2.32. The van der Waals surface area contributed by atoms with Crippen LogP contribution in [0.2, 0.25) is 0 Å². The minimum Gasteiger partial charge on any atom is -0.325 e. The van der Waals surface area contributed by atoms with E-state index in [1.54, 1.807) is 0 Å². The van der Waals surface area contributed by atoms with Crippen LogP contribution in [0.3, 0.4) is 0 Å². The minimum absolute atomic E-state index is 0.224. The first kappa shape index (κ1) is 11.7. The lowest BCUT2D eigenvalue weighted by molar-refractivity contribution is 0.128. The number of hydrogen-bond acceptors (Lipinski definition) is 2. The lowest BCUT2D eigenvalue weighted by Gasteiger charge is -2.40. The average Bonchev–Trinajstić information content (AvgIpc) is 2.83. The summed E-state index contributed by atoms with van der Waals surface area (Å²) in [5.41, 5.74) is 0.224. The van der Waals surface area contributed by atoms with E-state index in [4.69, 9.17) is 0 Å². The van der Waals surface area contributed by atoms with E-state index in [2.05, 4.69) is 12.2 Å². The summed E-state index contributed by atoms with van der Waals surface area (Å²) in [5.74, 6) is 0. The van der Waals surface area contributed by atoms with Crippen molar-refractivity contribution >= 4 is 6.03 Å². The number of hydrogen-bond donors (Lipinski definition) is 1. The van der Waals surface area contributed by atoms with Crippen LogP contribution < -0.4 is 5.32 Å². The number of nitrogens with one attached hydrogen (secondary N) is 1. The molecule has 0 atom stereocenters. The molecule has 2 aliphatic rings. The molecule has 1 N–H and O–H groups in total. The van der Waals surface area contributed by atoms with Crippen molar-refractivity contribution in [2.75, 3.05) is 33.2 Å². The molecule has 2 saturated heterocycles. The first-order valence-corrected chi connectivity index (χ1v) is 6.37. The molecule has 2 rings (SSSR count). The van der Waals surface area contributed by atoms with Gasteiger partial charge >= 0.3 is 6.03 Å². The SMILES string of the molecule is CNC1(C)CCN(C(=O)N2CCCC2)CC1. The Balaban J connectivity index is 1.86. The van der Waals surface area contributed by atoms with Crippen LogP contribution in [0.5, 0.6) is 0 Å². The minimum atomic E-state index is 0.224. The Kier molecular flexibility index (Phi) is 3.38. The molecular formula is C12H23N3O. The molecule has 4 nitrogen and oxygen atoms in total. The zero-order chi connectivity index (χ0) is 11.6. The van der Waals surface area contributed by atoms with Crippen molar-refractivity contribution in [1.29, 1.82) is 0 Å². The molecule has 2 amide bonds. The van der Waals surface area contributed by atoms with E-state index in [0.29, 0.717) is 0 Å². The maximum absolute atomic E-state index is 12.1. The maximum atomic E-state index is 12.1. The van der Waals surface area contributed by atoms with E-state index in [1.807, 2.05) is 16.8 Å². The van der Waals surface area contributed by atoms with Crippen molar-refractivity contribution in [3.05, 3.63) is 0 Å². The quantitative estimate of drug-likeness (QED) is 0.729. The molecule has 16 heavy (non-hydrogen) atoms. The smallest absolute Gasteiger partial charge is 0.319 e. The van der Waals surface area contributed by atoms with Crippen LogP contribution in [-0.4, -0.2) is 54.6 Å². The predicted octanol–water partition coefficient (Wildman–Crippen LogP) is 1.28. The first-order chi connectivity index (χ1) is 7.64. The summed E-state index contributed by atoms with van der Waals surface area (Å²) in [6.07, 6.45) is 4.47. The molecule has 4 heteroatoms. The molecule has 0 aliphatic carbocycles. The molecule has 0 saturated carbocycles.